The van der Waals surface area contributed by atoms with Gasteiger partial charge in [0.25, 0.3) is 0 Å². The number of nitrogens with zero attached hydrogens (tertiary/aromatic N) is 3. The Kier molecular flexibility index (Phi) is 5.70. The molecule has 0 saturated carbocycles. The Morgan fingerprint density at radius 1 is 1.19 bits per heavy atom. The summed E-state index contributed by atoms with van der Waals surface area (Å²) in [5, 5.41) is 14.1. The van der Waals surface area contributed by atoms with Crippen molar-refractivity contribution < 1.29 is 0 Å². The van der Waals surface area contributed by atoms with E-state index >= 15 is 0 Å². The van der Waals surface area contributed by atoms with Gasteiger partial charge in [-0.3, -0.25) is 0 Å². The standard InChI is InChI=1S/C16H24N4S/c1-12(2)17-11-14-7-8-16(19-18-14)20(4)13(3)10-15-6-5-9-21-15/h5-9,12-13,17H,10-11H2,1-4H3. The molecule has 1 unspecified atom stereocenters. The van der Waals surface area contributed by atoms with Crippen LogP contribution in [-0.4, -0.2) is 29.3 Å². The number of hydrogen-bond donors (Lipinski definition) is 1. The first-order valence-electron chi connectivity index (χ1n) is 7.37. The van der Waals surface area contributed by atoms with E-state index in [0.29, 0.717) is 12.1 Å². The molecular weight excluding hydrogens is 280 g/mol. The van der Waals surface area contributed by atoms with Crippen LogP contribution >= 0.6 is 11.3 Å². The average molecular weight is 304 g/mol. The fraction of sp³-hybridized carbons (Fsp3) is 0.500. The molecule has 0 amide bonds. The van der Waals surface area contributed by atoms with Gasteiger partial charge >= 0.3 is 0 Å². The highest BCUT2D eigenvalue weighted by atomic mass is 32.1. The topological polar surface area (TPSA) is 41.0 Å². The van der Waals surface area contributed by atoms with E-state index in [1.54, 1.807) is 11.3 Å². The molecule has 0 aliphatic rings. The predicted molar refractivity (Wildman–Crippen MR) is 89.9 cm³/mol. The number of hydrogen-bond acceptors (Lipinski definition) is 5. The average Bonchev–Trinajstić information content (AvgIpc) is 2.97. The molecule has 5 heteroatoms. The molecule has 2 aromatic heterocycles. The Morgan fingerprint density at radius 3 is 2.57 bits per heavy atom. The molecule has 21 heavy (non-hydrogen) atoms. The van der Waals surface area contributed by atoms with Crippen LogP contribution in [0.25, 0.3) is 0 Å². The second-order valence-electron chi connectivity index (χ2n) is 5.66. The minimum Gasteiger partial charge on any atom is -0.355 e. The molecule has 0 saturated heterocycles. The first-order chi connectivity index (χ1) is 10.1. The van der Waals surface area contributed by atoms with Gasteiger partial charge in [-0.1, -0.05) is 19.9 Å². The summed E-state index contributed by atoms with van der Waals surface area (Å²) in [6, 6.07) is 9.24. The Labute approximate surface area is 131 Å². The third-order valence-electron chi connectivity index (χ3n) is 3.50. The van der Waals surface area contributed by atoms with Crippen molar-refractivity contribution in [3.8, 4) is 0 Å². The van der Waals surface area contributed by atoms with Gasteiger partial charge in [-0.2, -0.15) is 5.10 Å². The molecule has 0 aliphatic carbocycles. The van der Waals surface area contributed by atoms with Crippen molar-refractivity contribution in [2.75, 3.05) is 11.9 Å². The second kappa shape index (κ2) is 7.52. The summed E-state index contributed by atoms with van der Waals surface area (Å²) in [6.07, 6.45) is 1.03. The van der Waals surface area contributed by atoms with Crippen molar-refractivity contribution in [1.82, 2.24) is 15.5 Å². The van der Waals surface area contributed by atoms with E-state index in [9.17, 15) is 0 Å². The summed E-state index contributed by atoms with van der Waals surface area (Å²) in [5.74, 6) is 0.923. The van der Waals surface area contributed by atoms with E-state index in [-0.39, 0.29) is 0 Å². The summed E-state index contributed by atoms with van der Waals surface area (Å²) < 4.78 is 0. The van der Waals surface area contributed by atoms with E-state index < -0.39 is 0 Å². The van der Waals surface area contributed by atoms with Crippen LogP contribution in [0.4, 0.5) is 5.82 Å². The van der Waals surface area contributed by atoms with Gasteiger partial charge in [0.1, 0.15) is 0 Å². The third kappa shape index (κ3) is 4.79. The second-order valence-corrected chi connectivity index (χ2v) is 6.69. The molecule has 2 aromatic rings. The largest absolute Gasteiger partial charge is 0.355 e. The van der Waals surface area contributed by atoms with Crippen LogP contribution in [0, 0.1) is 0 Å². The van der Waals surface area contributed by atoms with Gasteiger partial charge in [-0.25, -0.2) is 0 Å². The summed E-state index contributed by atoms with van der Waals surface area (Å²) in [5.41, 5.74) is 0.978. The van der Waals surface area contributed by atoms with Gasteiger partial charge < -0.3 is 10.2 Å². The summed E-state index contributed by atoms with van der Waals surface area (Å²) >= 11 is 1.80. The number of nitrogens with one attached hydrogen (secondary N) is 1. The van der Waals surface area contributed by atoms with Crippen molar-refractivity contribution in [3.63, 3.8) is 0 Å². The highest BCUT2D eigenvalue weighted by Crippen LogP contribution is 2.17. The fourth-order valence-electron chi connectivity index (χ4n) is 2.03. The number of aromatic nitrogens is 2. The van der Waals surface area contributed by atoms with Crippen molar-refractivity contribution in [2.24, 2.45) is 0 Å². The normalized spacial score (nSPS) is 12.6. The molecule has 0 bridgehead atoms. The maximum Gasteiger partial charge on any atom is 0.151 e. The van der Waals surface area contributed by atoms with Gasteiger partial charge in [0.15, 0.2) is 5.82 Å². The highest BCUT2D eigenvalue weighted by molar-refractivity contribution is 7.09. The van der Waals surface area contributed by atoms with E-state index in [2.05, 4.69) is 71.8 Å². The highest BCUT2D eigenvalue weighted by Gasteiger charge is 2.13. The zero-order valence-electron chi connectivity index (χ0n) is 13.2. The lowest BCUT2D eigenvalue weighted by molar-refractivity contribution is 0.576. The number of thiophene rings is 1. The molecule has 0 fully saturated rings. The van der Waals surface area contributed by atoms with Crippen LogP contribution in [0.5, 0.6) is 0 Å². The molecule has 0 spiro atoms. The first kappa shape index (κ1) is 15.9. The lowest BCUT2D eigenvalue weighted by Gasteiger charge is -2.25. The van der Waals surface area contributed by atoms with Crippen LogP contribution in [-0.2, 0) is 13.0 Å². The summed E-state index contributed by atoms with van der Waals surface area (Å²) in [7, 11) is 2.08. The molecule has 4 nitrogen and oxygen atoms in total. The van der Waals surface area contributed by atoms with E-state index in [0.717, 1.165) is 24.5 Å². The molecule has 0 radical (unpaired) electrons. The molecule has 1 atom stereocenters. The van der Waals surface area contributed by atoms with Gasteiger partial charge in [0.2, 0.25) is 0 Å². The number of likely N-dealkylation sites (N-methyl/N-ethyl adjacent to an activating group) is 1. The number of rotatable bonds is 7. The minimum atomic E-state index is 0.401. The van der Waals surface area contributed by atoms with E-state index in [1.165, 1.54) is 4.88 Å². The third-order valence-corrected chi connectivity index (χ3v) is 4.40. The summed E-state index contributed by atoms with van der Waals surface area (Å²) in [4.78, 5) is 3.59. The van der Waals surface area contributed by atoms with E-state index in [1.807, 2.05) is 6.07 Å². The van der Waals surface area contributed by atoms with Crippen molar-refractivity contribution >= 4 is 17.2 Å². The van der Waals surface area contributed by atoms with Crippen LogP contribution in [0.3, 0.4) is 0 Å². The molecular formula is C16H24N4S. The Hall–Kier alpha value is -1.46. The Morgan fingerprint density at radius 2 is 2.00 bits per heavy atom. The van der Waals surface area contributed by atoms with Gasteiger partial charge in [-0.15, -0.1) is 16.4 Å². The minimum absolute atomic E-state index is 0.401. The SMILES string of the molecule is CC(C)NCc1ccc(N(C)C(C)Cc2cccs2)nn1. The fourth-order valence-corrected chi connectivity index (χ4v) is 2.85. The van der Waals surface area contributed by atoms with Gasteiger partial charge in [-0.05, 0) is 30.5 Å². The maximum atomic E-state index is 4.35. The summed E-state index contributed by atoms with van der Waals surface area (Å²) in [6.45, 7) is 7.23. The monoisotopic (exact) mass is 304 g/mol. The lowest BCUT2D eigenvalue weighted by Crippen LogP contribution is -2.31. The van der Waals surface area contributed by atoms with Gasteiger partial charge in [0, 0.05) is 37.0 Å². The molecule has 2 heterocycles. The van der Waals surface area contributed by atoms with Crippen LogP contribution in [0.15, 0.2) is 29.6 Å². The first-order valence-corrected chi connectivity index (χ1v) is 8.25. The maximum absolute atomic E-state index is 4.35. The molecule has 1 N–H and O–H groups in total. The Bertz CT molecular complexity index is 522. The van der Waals surface area contributed by atoms with Crippen LogP contribution in [0.1, 0.15) is 31.3 Å². The predicted octanol–water partition coefficient (Wildman–Crippen LogP) is 3.10. The molecule has 0 aliphatic heterocycles. The Balaban J connectivity index is 1.94. The molecule has 2 rings (SSSR count). The van der Waals surface area contributed by atoms with Crippen molar-refractivity contribution in [1.29, 1.82) is 0 Å². The number of anilines is 1. The zero-order chi connectivity index (χ0) is 15.2. The van der Waals surface area contributed by atoms with Crippen molar-refractivity contribution in [3.05, 3.63) is 40.2 Å². The zero-order valence-corrected chi connectivity index (χ0v) is 14.0. The van der Waals surface area contributed by atoms with E-state index in [4.69, 9.17) is 0 Å². The lowest BCUT2D eigenvalue weighted by atomic mass is 10.2. The molecule has 114 valence electrons. The smallest absolute Gasteiger partial charge is 0.151 e. The van der Waals surface area contributed by atoms with Crippen LogP contribution < -0.4 is 10.2 Å². The van der Waals surface area contributed by atoms with Crippen molar-refractivity contribution in [2.45, 2.75) is 45.8 Å². The molecule has 0 aromatic carbocycles. The quantitative estimate of drug-likeness (QED) is 0.853. The van der Waals surface area contributed by atoms with Gasteiger partial charge in [0.05, 0.1) is 5.69 Å². The van der Waals surface area contributed by atoms with Crippen LogP contribution in [0.2, 0.25) is 0 Å².